The number of halogens is 1. The fourth-order valence-electron chi connectivity index (χ4n) is 1.48. The molecule has 0 aliphatic heterocycles. The maximum Gasteiger partial charge on any atom is 0.171 e. The lowest BCUT2D eigenvalue weighted by Gasteiger charge is -2.06. The van der Waals surface area contributed by atoms with Crippen molar-refractivity contribution >= 4 is 22.5 Å². The first kappa shape index (κ1) is 9.94. The second-order valence-electron chi connectivity index (χ2n) is 3.52. The van der Waals surface area contributed by atoms with E-state index in [2.05, 4.69) is 10.1 Å². The van der Waals surface area contributed by atoms with Crippen LogP contribution in [-0.2, 0) is 0 Å². The van der Waals surface area contributed by atoms with E-state index in [1.54, 1.807) is 16.9 Å². The Bertz CT molecular complexity index is 550. The van der Waals surface area contributed by atoms with E-state index < -0.39 is 0 Å². The molecular formula is C10H9ClN4. The summed E-state index contributed by atoms with van der Waals surface area (Å²) in [5.41, 5.74) is 1.24. The molecule has 76 valence electrons. The molecule has 0 N–H and O–H groups in total. The first-order valence-electron chi connectivity index (χ1n) is 4.57. The van der Waals surface area contributed by atoms with E-state index in [0.29, 0.717) is 10.8 Å². The Hall–Kier alpha value is -1.60. The van der Waals surface area contributed by atoms with Crippen molar-refractivity contribution < 1.29 is 0 Å². The van der Waals surface area contributed by atoms with Crippen LogP contribution in [0.4, 0.5) is 0 Å². The normalized spacial score (nSPS) is 10.9. The van der Waals surface area contributed by atoms with Gasteiger partial charge in [-0.25, -0.2) is 4.98 Å². The smallest absolute Gasteiger partial charge is 0.171 e. The highest BCUT2D eigenvalue weighted by Gasteiger charge is 2.12. The molecular weight excluding hydrogens is 212 g/mol. The molecule has 0 spiro atoms. The van der Waals surface area contributed by atoms with Crippen LogP contribution in [0.2, 0.25) is 5.15 Å². The van der Waals surface area contributed by atoms with Gasteiger partial charge in [-0.3, -0.25) is 4.68 Å². The third-order valence-electron chi connectivity index (χ3n) is 2.15. The first-order valence-corrected chi connectivity index (χ1v) is 4.95. The lowest BCUT2D eigenvalue weighted by molar-refractivity contribution is 0.549. The van der Waals surface area contributed by atoms with Gasteiger partial charge in [-0.05, 0) is 13.8 Å². The van der Waals surface area contributed by atoms with Gasteiger partial charge in [0, 0.05) is 18.3 Å². The van der Waals surface area contributed by atoms with E-state index >= 15 is 0 Å². The van der Waals surface area contributed by atoms with Crippen LogP contribution in [0.1, 0.15) is 25.6 Å². The Morgan fingerprint density at radius 1 is 1.53 bits per heavy atom. The number of pyridine rings is 1. The number of hydrogen-bond acceptors (Lipinski definition) is 3. The van der Waals surface area contributed by atoms with Gasteiger partial charge >= 0.3 is 0 Å². The maximum atomic E-state index is 8.91. The summed E-state index contributed by atoms with van der Waals surface area (Å²) < 4.78 is 1.78. The van der Waals surface area contributed by atoms with E-state index in [-0.39, 0.29) is 6.04 Å². The van der Waals surface area contributed by atoms with Crippen LogP contribution >= 0.6 is 11.6 Å². The van der Waals surface area contributed by atoms with Gasteiger partial charge in [0.15, 0.2) is 5.69 Å². The van der Waals surface area contributed by atoms with Gasteiger partial charge in [-0.15, -0.1) is 0 Å². The quantitative estimate of drug-likeness (QED) is 0.694. The summed E-state index contributed by atoms with van der Waals surface area (Å²) in [5.74, 6) is 0. The van der Waals surface area contributed by atoms with Crippen LogP contribution in [0.15, 0.2) is 12.3 Å². The van der Waals surface area contributed by atoms with Gasteiger partial charge in [0.05, 0.1) is 10.9 Å². The molecule has 2 aromatic heterocycles. The average Bonchev–Trinajstić information content (AvgIpc) is 2.55. The average molecular weight is 221 g/mol. The van der Waals surface area contributed by atoms with Crippen molar-refractivity contribution in [3.63, 3.8) is 0 Å². The van der Waals surface area contributed by atoms with E-state index in [1.807, 2.05) is 19.9 Å². The highest BCUT2D eigenvalue weighted by atomic mass is 35.5. The van der Waals surface area contributed by atoms with Crippen LogP contribution < -0.4 is 0 Å². The van der Waals surface area contributed by atoms with E-state index in [1.165, 1.54) is 0 Å². The van der Waals surface area contributed by atoms with Gasteiger partial charge < -0.3 is 0 Å². The highest BCUT2D eigenvalue weighted by Crippen LogP contribution is 2.22. The molecule has 0 aromatic carbocycles. The number of fused-ring (bicyclic) bond motifs is 1. The third kappa shape index (κ3) is 1.55. The van der Waals surface area contributed by atoms with Crippen molar-refractivity contribution in [3.05, 3.63) is 23.1 Å². The molecule has 0 radical (unpaired) electrons. The number of aromatic nitrogens is 3. The molecule has 0 aliphatic rings. The number of rotatable bonds is 1. The summed E-state index contributed by atoms with van der Waals surface area (Å²) in [4.78, 5) is 3.95. The molecule has 0 unspecified atom stereocenters. The standard InChI is InChI=1S/C10H9ClN4/c1-6(2)15-9-3-10(11)13-5-7(9)8(4-12)14-15/h3,5-6H,1-2H3. The minimum atomic E-state index is 0.188. The second-order valence-corrected chi connectivity index (χ2v) is 3.91. The van der Waals surface area contributed by atoms with Crippen LogP contribution in [0, 0.1) is 11.3 Å². The van der Waals surface area contributed by atoms with Crippen molar-refractivity contribution in [3.8, 4) is 6.07 Å². The topological polar surface area (TPSA) is 54.5 Å². The molecule has 0 bridgehead atoms. The molecule has 0 atom stereocenters. The lowest BCUT2D eigenvalue weighted by Crippen LogP contribution is -2.02. The van der Waals surface area contributed by atoms with Gasteiger partial charge in [-0.1, -0.05) is 11.6 Å². The number of nitrogens with zero attached hydrogens (tertiary/aromatic N) is 4. The van der Waals surface area contributed by atoms with Gasteiger partial charge in [-0.2, -0.15) is 10.4 Å². The van der Waals surface area contributed by atoms with E-state index in [9.17, 15) is 0 Å². The first-order chi connectivity index (χ1) is 7.13. The maximum absolute atomic E-state index is 8.91. The van der Waals surface area contributed by atoms with Gasteiger partial charge in [0.25, 0.3) is 0 Å². The Morgan fingerprint density at radius 3 is 2.87 bits per heavy atom. The molecule has 0 saturated carbocycles. The third-order valence-corrected chi connectivity index (χ3v) is 2.36. The predicted molar refractivity (Wildman–Crippen MR) is 57.6 cm³/mol. The zero-order valence-electron chi connectivity index (χ0n) is 8.40. The van der Waals surface area contributed by atoms with Crippen LogP contribution in [0.5, 0.6) is 0 Å². The molecule has 5 heteroatoms. The Kier molecular flexibility index (Phi) is 2.33. The summed E-state index contributed by atoms with van der Waals surface area (Å²) >= 11 is 5.81. The molecule has 4 nitrogen and oxygen atoms in total. The number of hydrogen-bond donors (Lipinski definition) is 0. The minimum Gasteiger partial charge on any atom is -0.261 e. The van der Waals surface area contributed by atoms with Crippen LogP contribution in [0.3, 0.4) is 0 Å². The lowest BCUT2D eigenvalue weighted by atomic mass is 10.2. The zero-order valence-corrected chi connectivity index (χ0v) is 9.15. The van der Waals surface area contributed by atoms with Crippen molar-refractivity contribution in [2.45, 2.75) is 19.9 Å². The summed E-state index contributed by atoms with van der Waals surface area (Å²) in [6.07, 6.45) is 1.59. The van der Waals surface area contributed by atoms with Gasteiger partial charge in [0.2, 0.25) is 0 Å². The molecule has 2 rings (SSSR count). The Labute approximate surface area is 92.1 Å². The SMILES string of the molecule is CC(C)n1nc(C#N)c2cnc(Cl)cc21. The van der Waals surface area contributed by atoms with Crippen molar-refractivity contribution in [1.82, 2.24) is 14.8 Å². The summed E-state index contributed by atoms with van der Waals surface area (Å²) in [6, 6.07) is 3.96. The van der Waals surface area contributed by atoms with Gasteiger partial charge in [0.1, 0.15) is 11.2 Å². The molecule has 2 heterocycles. The van der Waals surface area contributed by atoms with Crippen LogP contribution in [-0.4, -0.2) is 14.8 Å². The molecule has 0 saturated heterocycles. The van der Waals surface area contributed by atoms with E-state index in [0.717, 1.165) is 10.9 Å². The largest absolute Gasteiger partial charge is 0.261 e. The second kappa shape index (κ2) is 3.52. The zero-order chi connectivity index (χ0) is 11.0. The fraction of sp³-hybridized carbons (Fsp3) is 0.300. The van der Waals surface area contributed by atoms with Crippen molar-refractivity contribution in [2.75, 3.05) is 0 Å². The highest BCUT2D eigenvalue weighted by molar-refractivity contribution is 6.30. The molecule has 0 amide bonds. The Balaban J connectivity index is 2.83. The van der Waals surface area contributed by atoms with E-state index in [4.69, 9.17) is 16.9 Å². The monoisotopic (exact) mass is 220 g/mol. The van der Waals surface area contributed by atoms with Crippen molar-refractivity contribution in [1.29, 1.82) is 5.26 Å². The fourth-order valence-corrected chi connectivity index (χ4v) is 1.64. The van der Waals surface area contributed by atoms with Crippen molar-refractivity contribution in [2.24, 2.45) is 0 Å². The number of nitriles is 1. The molecule has 0 fully saturated rings. The molecule has 15 heavy (non-hydrogen) atoms. The summed E-state index contributed by atoms with van der Waals surface area (Å²) in [5, 5.41) is 14.3. The molecule has 2 aromatic rings. The summed E-state index contributed by atoms with van der Waals surface area (Å²) in [6.45, 7) is 4.00. The Morgan fingerprint density at radius 2 is 2.27 bits per heavy atom. The van der Waals surface area contributed by atoms with Crippen LogP contribution in [0.25, 0.3) is 10.9 Å². The summed E-state index contributed by atoms with van der Waals surface area (Å²) in [7, 11) is 0. The molecule has 0 aliphatic carbocycles. The predicted octanol–water partition coefficient (Wildman–Crippen LogP) is 2.54. The minimum absolute atomic E-state index is 0.188.